The van der Waals surface area contributed by atoms with Crippen molar-refractivity contribution in [2.24, 2.45) is 0 Å². The first-order valence-electron chi connectivity index (χ1n) is 7.01. The number of benzene rings is 1. The van der Waals surface area contributed by atoms with Crippen LogP contribution in [0.1, 0.15) is 39.0 Å². The fraction of sp³-hybridized carbons (Fsp3) is 0.467. The number of nitrogens with zero attached hydrogens (tertiary/aromatic N) is 3. The second-order valence-corrected chi connectivity index (χ2v) is 4.70. The minimum absolute atomic E-state index is 0.505. The van der Waals surface area contributed by atoms with Gasteiger partial charge in [0.1, 0.15) is 23.6 Å². The van der Waals surface area contributed by atoms with Gasteiger partial charge in [0.25, 0.3) is 0 Å². The Morgan fingerprint density at radius 2 is 2.10 bits per heavy atom. The molecule has 0 saturated carbocycles. The van der Waals surface area contributed by atoms with Crippen molar-refractivity contribution in [3.8, 4) is 0 Å². The molecule has 0 saturated heterocycles. The molecule has 0 spiro atoms. The van der Waals surface area contributed by atoms with E-state index in [2.05, 4.69) is 17.2 Å². The lowest BCUT2D eigenvalue weighted by Gasteiger charge is -2.05. The summed E-state index contributed by atoms with van der Waals surface area (Å²) in [6.07, 6.45) is 4.48. The Hall–Kier alpha value is -2.13. The first-order chi connectivity index (χ1) is 9.85. The van der Waals surface area contributed by atoms with Crippen molar-refractivity contribution >= 4 is 17.0 Å². The Balaban J connectivity index is 1.80. The summed E-state index contributed by atoms with van der Waals surface area (Å²) < 4.78 is 0. The van der Waals surface area contributed by atoms with Crippen LogP contribution >= 0.6 is 0 Å². The number of rotatable bonds is 8. The van der Waals surface area contributed by atoms with Crippen LogP contribution in [0.25, 0.3) is 11.0 Å². The fourth-order valence-electron chi connectivity index (χ4n) is 2.00. The molecule has 0 aliphatic carbocycles. The van der Waals surface area contributed by atoms with Gasteiger partial charge in [-0.25, -0.2) is 4.79 Å². The third kappa shape index (κ3) is 3.68. The van der Waals surface area contributed by atoms with Crippen LogP contribution in [-0.4, -0.2) is 27.7 Å². The Kier molecular flexibility index (Phi) is 5.33. The zero-order valence-corrected chi connectivity index (χ0v) is 11.7. The van der Waals surface area contributed by atoms with Crippen LogP contribution in [0.4, 0.5) is 0 Å². The molecule has 0 fully saturated rings. The van der Waals surface area contributed by atoms with E-state index in [-0.39, 0.29) is 0 Å². The van der Waals surface area contributed by atoms with Gasteiger partial charge in [-0.15, -0.1) is 5.10 Å². The summed E-state index contributed by atoms with van der Waals surface area (Å²) >= 11 is 0. The average Bonchev–Trinajstić information content (AvgIpc) is 2.90. The van der Waals surface area contributed by atoms with Crippen molar-refractivity contribution in [3.05, 3.63) is 29.8 Å². The summed E-state index contributed by atoms with van der Waals surface area (Å²) in [5.41, 5.74) is 2.51. The number of aromatic nitrogens is 3. The molecule has 0 unspecified atom stereocenters. The quantitative estimate of drug-likeness (QED) is 0.548. The summed E-state index contributed by atoms with van der Waals surface area (Å²) in [4.78, 5) is 17.8. The Labute approximate surface area is 118 Å². The molecule has 2 aromatic rings. The zero-order chi connectivity index (χ0) is 14.2. The van der Waals surface area contributed by atoms with Gasteiger partial charge >= 0.3 is 0 Å². The summed E-state index contributed by atoms with van der Waals surface area (Å²) in [6, 6.07) is 7.63. The molecule has 0 N–H and O–H groups in total. The van der Waals surface area contributed by atoms with Crippen LogP contribution in [0.3, 0.4) is 0 Å². The lowest BCUT2D eigenvalue weighted by atomic mass is 10.1. The van der Waals surface area contributed by atoms with E-state index in [1.165, 1.54) is 4.85 Å². The molecule has 0 aliphatic rings. The number of fused-ring (bicyclic) bond motifs is 1. The maximum Gasteiger partial charge on any atom is 0.130 e. The minimum atomic E-state index is 0.505. The van der Waals surface area contributed by atoms with Crippen molar-refractivity contribution in [1.29, 1.82) is 0 Å². The number of allylic oxidation sites excluding steroid dienone is 1. The highest BCUT2D eigenvalue weighted by Gasteiger charge is 2.04. The molecule has 106 valence electrons. The van der Waals surface area contributed by atoms with Gasteiger partial charge in [0.15, 0.2) is 0 Å². The number of para-hydroxylation sites is 1. The van der Waals surface area contributed by atoms with Gasteiger partial charge in [0.05, 0.1) is 0 Å². The van der Waals surface area contributed by atoms with Gasteiger partial charge in [0.2, 0.25) is 0 Å². The fourth-order valence-corrected chi connectivity index (χ4v) is 2.00. The smallest absolute Gasteiger partial charge is 0.130 e. The maximum atomic E-state index is 10.8. The van der Waals surface area contributed by atoms with Gasteiger partial charge < -0.3 is 4.84 Å². The van der Waals surface area contributed by atoms with Gasteiger partial charge in [-0.05, 0) is 43.0 Å². The van der Waals surface area contributed by atoms with Crippen LogP contribution in [0, 0.1) is 0 Å². The maximum absolute atomic E-state index is 10.8. The molecule has 1 aromatic carbocycles. The first-order valence-corrected chi connectivity index (χ1v) is 7.01. The number of hydrogen-bond donors (Lipinski definition) is 0. The molecule has 1 aromatic heterocycles. The molecule has 1 heterocycles. The van der Waals surface area contributed by atoms with Crippen LogP contribution in [-0.2, 0) is 4.79 Å². The van der Waals surface area contributed by atoms with Crippen LogP contribution in [0.5, 0.6) is 0 Å². The lowest BCUT2D eigenvalue weighted by Crippen LogP contribution is -2.14. The number of unbranched alkanes of at least 4 members (excludes halogenated alkanes) is 1. The molecule has 20 heavy (non-hydrogen) atoms. The number of carbonyl (C=O) groups excluding carboxylic acids is 1. The van der Waals surface area contributed by atoms with Crippen molar-refractivity contribution in [1.82, 2.24) is 15.2 Å². The van der Waals surface area contributed by atoms with Gasteiger partial charge in [-0.3, -0.25) is 0 Å². The molecular weight excluding hydrogens is 254 g/mol. The summed E-state index contributed by atoms with van der Waals surface area (Å²) in [6.45, 7) is 2.62. The summed E-state index contributed by atoms with van der Waals surface area (Å²) in [5.74, 6) is 2.04. The molecule has 0 aliphatic heterocycles. The van der Waals surface area contributed by atoms with Crippen LogP contribution in [0.2, 0.25) is 0 Å². The second kappa shape index (κ2) is 7.46. The topological polar surface area (TPSA) is 57.0 Å². The molecule has 5 nitrogen and oxygen atoms in total. The lowest BCUT2D eigenvalue weighted by molar-refractivity contribution is 0.0857. The van der Waals surface area contributed by atoms with E-state index in [0.29, 0.717) is 6.61 Å². The van der Waals surface area contributed by atoms with Crippen molar-refractivity contribution in [2.45, 2.75) is 39.0 Å². The zero-order valence-electron chi connectivity index (χ0n) is 11.7. The SMILES string of the molecule is CCCCC(=C=O)CCCOn1nnc2ccccc21. The largest absolute Gasteiger partial charge is 0.395 e. The van der Waals surface area contributed by atoms with E-state index in [9.17, 15) is 4.79 Å². The van der Waals surface area contributed by atoms with Gasteiger partial charge in [-0.1, -0.05) is 30.3 Å². The van der Waals surface area contributed by atoms with Crippen molar-refractivity contribution < 1.29 is 9.63 Å². The van der Waals surface area contributed by atoms with Gasteiger partial charge in [-0.2, -0.15) is 0 Å². The van der Waals surface area contributed by atoms with Crippen molar-refractivity contribution in [2.75, 3.05) is 6.61 Å². The Morgan fingerprint density at radius 1 is 1.30 bits per heavy atom. The average molecular weight is 273 g/mol. The highest BCUT2D eigenvalue weighted by molar-refractivity contribution is 5.73. The molecule has 5 heteroatoms. The number of hydrogen-bond acceptors (Lipinski definition) is 4. The third-order valence-electron chi connectivity index (χ3n) is 3.13. The highest BCUT2D eigenvalue weighted by Crippen LogP contribution is 2.11. The van der Waals surface area contributed by atoms with E-state index in [1.807, 2.05) is 30.2 Å². The predicted octanol–water partition coefficient (Wildman–Crippen LogP) is 2.59. The van der Waals surface area contributed by atoms with Gasteiger partial charge in [0, 0.05) is 5.57 Å². The van der Waals surface area contributed by atoms with E-state index >= 15 is 0 Å². The first kappa shape index (κ1) is 14.3. The second-order valence-electron chi connectivity index (χ2n) is 4.70. The molecule has 0 atom stereocenters. The summed E-state index contributed by atoms with van der Waals surface area (Å²) in [5, 5.41) is 7.95. The summed E-state index contributed by atoms with van der Waals surface area (Å²) in [7, 11) is 0. The third-order valence-corrected chi connectivity index (χ3v) is 3.13. The monoisotopic (exact) mass is 273 g/mol. The van der Waals surface area contributed by atoms with Crippen molar-refractivity contribution in [3.63, 3.8) is 0 Å². The van der Waals surface area contributed by atoms with Crippen LogP contribution in [0.15, 0.2) is 29.8 Å². The van der Waals surface area contributed by atoms with Crippen LogP contribution < -0.4 is 4.84 Å². The minimum Gasteiger partial charge on any atom is -0.395 e. The Bertz CT molecular complexity index is 600. The molecular formula is C15H19N3O2. The standard InChI is InChI=1S/C15H19N3O2/c1-2-3-7-13(12-19)8-6-11-20-18-15-10-5-4-9-14(15)16-17-18/h4-5,9-10H,2-3,6-8,11H2,1H3. The molecule has 0 bridgehead atoms. The predicted molar refractivity (Wildman–Crippen MR) is 76.9 cm³/mol. The molecule has 0 radical (unpaired) electrons. The van der Waals surface area contributed by atoms with E-state index in [4.69, 9.17) is 4.84 Å². The van der Waals surface area contributed by atoms with E-state index < -0.39 is 0 Å². The molecule has 2 rings (SSSR count). The Morgan fingerprint density at radius 3 is 2.90 bits per heavy atom. The highest BCUT2D eigenvalue weighted by atomic mass is 16.7. The van der Waals surface area contributed by atoms with E-state index in [0.717, 1.165) is 48.7 Å². The molecule has 0 amide bonds. The van der Waals surface area contributed by atoms with E-state index in [1.54, 1.807) is 0 Å². The normalized spacial score (nSPS) is 10.4.